The number of amides is 2. The van der Waals surface area contributed by atoms with Gasteiger partial charge in [-0.05, 0) is 30.5 Å². The Labute approximate surface area is 119 Å². The molecular formula is C16H22N2O2. The third-order valence-corrected chi connectivity index (χ3v) is 3.69. The lowest BCUT2D eigenvalue weighted by molar-refractivity contribution is -0.126. The Kier molecular flexibility index (Phi) is 5.16. The molecule has 2 amide bonds. The number of benzene rings is 1. The van der Waals surface area contributed by atoms with Gasteiger partial charge in [0.1, 0.15) is 0 Å². The predicted molar refractivity (Wildman–Crippen MR) is 79.2 cm³/mol. The van der Waals surface area contributed by atoms with Crippen LogP contribution in [0, 0.1) is 5.92 Å². The van der Waals surface area contributed by atoms with Crippen LogP contribution in [0.25, 0.3) is 0 Å². The third kappa shape index (κ3) is 4.37. The summed E-state index contributed by atoms with van der Waals surface area (Å²) in [4.78, 5) is 23.1. The van der Waals surface area contributed by atoms with E-state index in [1.807, 2.05) is 24.3 Å². The van der Waals surface area contributed by atoms with Crippen LogP contribution >= 0.6 is 0 Å². The second-order valence-electron chi connectivity index (χ2n) is 5.43. The van der Waals surface area contributed by atoms with Crippen molar-refractivity contribution in [1.29, 1.82) is 0 Å². The molecule has 1 aromatic rings. The Balaban J connectivity index is 1.86. The van der Waals surface area contributed by atoms with Gasteiger partial charge in [-0.15, -0.1) is 0 Å². The van der Waals surface area contributed by atoms with Crippen LogP contribution in [0.2, 0.25) is 0 Å². The molecule has 0 saturated heterocycles. The topological polar surface area (TPSA) is 58.2 Å². The molecule has 4 heteroatoms. The predicted octanol–water partition coefficient (Wildman–Crippen LogP) is 2.84. The van der Waals surface area contributed by atoms with Crippen molar-refractivity contribution >= 4 is 17.5 Å². The number of carbonyl (C=O) groups is 2. The average molecular weight is 274 g/mol. The van der Waals surface area contributed by atoms with E-state index in [1.54, 1.807) is 0 Å². The summed E-state index contributed by atoms with van der Waals surface area (Å²) >= 11 is 0. The van der Waals surface area contributed by atoms with Crippen molar-refractivity contribution in [2.45, 2.75) is 45.6 Å². The zero-order valence-corrected chi connectivity index (χ0v) is 11.9. The Bertz CT molecular complexity index is 479. The molecule has 2 N–H and O–H groups in total. The molecule has 1 saturated carbocycles. The maximum absolute atomic E-state index is 12.1. The Morgan fingerprint density at radius 3 is 2.65 bits per heavy atom. The minimum atomic E-state index is -0.0895. The van der Waals surface area contributed by atoms with E-state index in [9.17, 15) is 9.59 Å². The van der Waals surface area contributed by atoms with E-state index in [0.29, 0.717) is 6.54 Å². The normalized spacial score (nSPS) is 15.7. The van der Waals surface area contributed by atoms with Crippen LogP contribution in [0.4, 0.5) is 5.69 Å². The minimum absolute atomic E-state index is 0.0895. The highest BCUT2D eigenvalue weighted by Gasteiger charge is 2.20. The van der Waals surface area contributed by atoms with Crippen molar-refractivity contribution in [2.75, 3.05) is 5.32 Å². The van der Waals surface area contributed by atoms with Crippen LogP contribution in [0.5, 0.6) is 0 Å². The van der Waals surface area contributed by atoms with Crippen LogP contribution in [-0.4, -0.2) is 11.8 Å². The molecular weight excluding hydrogens is 252 g/mol. The molecule has 1 fully saturated rings. The summed E-state index contributed by atoms with van der Waals surface area (Å²) in [6.07, 6.45) is 5.60. The summed E-state index contributed by atoms with van der Waals surface area (Å²) in [6, 6.07) is 7.57. The molecule has 0 spiro atoms. The van der Waals surface area contributed by atoms with E-state index >= 15 is 0 Å². The molecule has 1 aliphatic carbocycles. The first-order valence-electron chi connectivity index (χ1n) is 7.29. The van der Waals surface area contributed by atoms with Gasteiger partial charge in [-0.3, -0.25) is 9.59 Å². The van der Waals surface area contributed by atoms with E-state index in [2.05, 4.69) is 10.6 Å². The highest BCUT2D eigenvalue weighted by atomic mass is 16.2. The van der Waals surface area contributed by atoms with E-state index in [4.69, 9.17) is 0 Å². The van der Waals surface area contributed by atoms with Crippen molar-refractivity contribution in [3.8, 4) is 0 Å². The number of hydrogen-bond acceptors (Lipinski definition) is 2. The van der Waals surface area contributed by atoms with Gasteiger partial charge in [-0.2, -0.15) is 0 Å². The summed E-state index contributed by atoms with van der Waals surface area (Å²) in [7, 11) is 0. The molecule has 0 aliphatic heterocycles. The Morgan fingerprint density at radius 1 is 1.20 bits per heavy atom. The fourth-order valence-corrected chi connectivity index (χ4v) is 2.66. The van der Waals surface area contributed by atoms with Gasteiger partial charge in [-0.25, -0.2) is 0 Å². The van der Waals surface area contributed by atoms with Gasteiger partial charge in [0.05, 0.1) is 0 Å². The number of rotatable bonds is 4. The maximum atomic E-state index is 12.1. The highest BCUT2D eigenvalue weighted by molar-refractivity contribution is 5.88. The first-order valence-corrected chi connectivity index (χ1v) is 7.29. The Hall–Kier alpha value is -1.84. The van der Waals surface area contributed by atoms with Gasteiger partial charge in [0.25, 0.3) is 0 Å². The van der Waals surface area contributed by atoms with Crippen molar-refractivity contribution in [1.82, 2.24) is 5.32 Å². The van der Waals surface area contributed by atoms with Crippen LogP contribution < -0.4 is 10.6 Å². The van der Waals surface area contributed by atoms with Gasteiger partial charge >= 0.3 is 0 Å². The molecule has 0 atom stereocenters. The quantitative estimate of drug-likeness (QED) is 0.887. The van der Waals surface area contributed by atoms with Crippen LogP contribution in [0.3, 0.4) is 0 Å². The molecule has 20 heavy (non-hydrogen) atoms. The molecule has 0 heterocycles. The van der Waals surface area contributed by atoms with Crippen molar-refractivity contribution in [2.24, 2.45) is 5.92 Å². The van der Waals surface area contributed by atoms with Crippen LogP contribution in [0.1, 0.15) is 44.6 Å². The lowest BCUT2D eigenvalue weighted by atomic mass is 9.88. The van der Waals surface area contributed by atoms with E-state index in [1.165, 1.54) is 13.3 Å². The summed E-state index contributed by atoms with van der Waals surface area (Å²) in [5.41, 5.74) is 1.77. The largest absolute Gasteiger partial charge is 0.352 e. The lowest BCUT2D eigenvalue weighted by Crippen LogP contribution is -2.31. The summed E-state index contributed by atoms with van der Waals surface area (Å²) in [6.45, 7) is 2.00. The van der Waals surface area contributed by atoms with Gasteiger partial charge in [-0.1, -0.05) is 31.4 Å². The number of hydrogen-bond donors (Lipinski definition) is 2. The molecule has 4 nitrogen and oxygen atoms in total. The zero-order chi connectivity index (χ0) is 14.4. The summed E-state index contributed by atoms with van der Waals surface area (Å²) in [5.74, 6) is 0.255. The first-order chi connectivity index (χ1) is 9.65. The minimum Gasteiger partial charge on any atom is -0.352 e. The van der Waals surface area contributed by atoms with Gasteiger partial charge in [0, 0.05) is 25.1 Å². The van der Waals surface area contributed by atoms with E-state index in [0.717, 1.165) is 36.9 Å². The first kappa shape index (κ1) is 14.6. The van der Waals surface area contributed by atoms with Gasteiger partial charge in [0.15, 0.2) is 0 Å². The third-order valence-electron chi connectivity index (χ3n) is 3.69. The van der Waals surface area contributed by atoms with Gasteiger partial charge < -0.3 is 10.6 Å². The SMILES string of the molecule is CC(=O)Nc1cccc(CNC(=O)C2CCCCC2)c1. The molecule has 0 bridgehead atoms. The molecule has 2 rings (SSSR count). The molecule has 108 valence electrons. The highest BCUT2D eigenvalue weighted by Crippen LogP contribution is 2.23. The summed E-state index contributed by atoms with van der Waals surface area (Å²) < 4.78 is 0. The summed E-state index contributed by atoms with van der Waals surface area (Å²) in [5, 5.41) is 5.74. The molecule has 0 unspecified atom stereocenters. The second kappa shape index (κ2) is 7.08. The van der Waals surface area contributed by atoms with E-state index < -0.39 is 0 Å². The van der Waals surface area contributed by atoms with Crippen molar-refractivity contribution < 1.29 is 9.59 Å². The second-order valence-corrected chi connectivity index (χ2v) is 5.43. The molecule has 0 radical (unpaired) electrons. The molecule has 1 aliphatic rings. The van der Waals surface area contributed by atoms with Crippen LogP contribution in [0.15, 0.2) is 24.3 Å². The maximum Gasteiger partial charge on any atom is 0.223 e. The van der Waals surface area contributed by atoms with Gasteiger partial charge in [0.2, 0.25) is 11.8 Å². The fraction of sp³-hybridized carbons (Fsp3) is 0.500. The molecule has 0 aromatic heterocycles. The number of anilines is 1. The fourth-order valence-electron chi connectivity index (χ4n) is 2.66. The number of nitrogens with one attached hydrogen (secondary N) is 2. The molecule has 1 aromatic carbocycles. The lowest BCUT2D eigenvalue weighted by Gasteiger charge is -2.20. The monoisotopic (exact) mass is 274 g/mol. The van der Waals surface area contributed by atoms with Crippen molar-refractivity contribution in [3.05, 3.63) is 29.8 Å². The number of carbonyl (C=O) groups excluding carboxylic acids is 2. The van der Waals surface area contributed by atoms with Crippen molar-refractivity contribution in [3.63, 3.8) is 0 Å². The standard InChI is InChI=1S/C16H22N2O2/c1-12(19)18-15-9-5-6-13(10-15)11-17-16(20)14-7-3-2-4-8-14/h5-6,9-10,14H,2-4,7-8,11H2,1H3,(H,17,20)(H,18,19). The smallest absolute Gasteiger partial charge is 0.223 e. The van der Waals surface area contributed by atoms with E-state index in [-0.39, 0.29) is 17.7 Å². The Morgan fingerprint density at radius 2 is 1.95 bits per heavy atom. The van der Waals surface area contributed by atoms with Crippen LogP contribution in [-0.2, 0) is 16.1 Å². The zero-order valence-electron chi connectivity index (χ0n) is 11.9. The average Bonchev–Trinajstić information content (AvgIpc) is 2.45.